The third-order valence-electron chi connectivity index (χ3n) is 1.42. The van der Waals surface area contributed by atoms with E-state index in [9.17, 15) is 4.79 Å². The molecule has 0 heterocycles. The van der Waals surface area contributed by atoms with Crippen LogP contribution in [-0.4, -0.2) is 17.7 Å². The van der Waals surface area contributed by atoms with E-state index in [-0.39, 0.29) is 6.61 Å². The van der Waals surface area contributed by atoms with Crippen LogP contribution >= 0.6 is 11.6 Å². The third-order valence-corrected chi connectivity index (χ3v) is 1.67. The topological polar surface area (TPSA) is 46.5 Å². The fourth-order valence-corrected chi connectivity index (χ4v) is 0.950. The Morgan fingerprint density at radius 3 is 2.64 bits per heavy atom. The average Bonchev–Trinajstić information content (AvgIpc) is 2.15. The van der Waals surface area contributed by atoms with Crippen LogP contribution in [0.1, 0.15) is 0 Å². The lowest BCUT2D eigenvalue weighted by molar-refractivity contribution is -0.131. The van der Waals surface area contributed by atoms with E-state index in [2.05, 4.69) is 0 Å². The second-order valence-corrected chi connectivity index (χ2v) is 2.94. The Balaban J connectivity index is 2.39. The van der Waals surface area contributed by atoms with Gasteiger partial charge < -0.3 is 9.84 Å². The van der Waals surface area contributed by atoms with Gasteiger partial charge in [0.2, 0.25) is 0 Å². The van der Waals surface area contributed by atoms with E-state index in [1.807, 2.05) is 0 Å². The van der Waals surface area contributed by atoms with Gasteiger partial charge in [-0.15, -0.1) is 0 Å². The molecule has 0 amide bonds. The molecule has 1 aromatic rings. The zero-order chi connectivity index (χ0) is 10.4. The molecule has 0 unspecified atom stereocenters. The lowest BCUT2D eigenvalue weighted by atomic mass is 10.3. The van der Waals surface area contributed by atoms with Crippen LogP contribution in [-0.2, 0) is 4.79 Å². The number of carbonyl (C=O) groups is 1. The summed E-state index contributed by atoms with van der Waals surface area (Å²) in [6.07, 6.45) is 2.47. The van der Waals surface area contributed by atoms with Crippen LogP contribution in [0.4, 0.5) is 0 Å². The lowest BCUT2D eigenvalue weighted by Crippen LogP contribution is -1.95. The summed E-state index contributed by atoms with van der Waals surface area (Å²) in [5.41, 5.74) is 0. The molecule has 74 valence electrons. The Labute approximate surface area is 86.6 Å². The summed E-state index contributed by atoms with van der Waals surface area (Å²) in [6.45, 7) is 0.230. The first kappa shape index (κ1) is 10.6. The molecule has 3 nitrogen and oxygen atoms in total. The summed E-state index contributed by atoms with van der Waals surface area (Å²) in [5.74, 6) is -0.325. The van der Waals surface area contributed by atoms with Crippen LogP contribution in [0.25, 0.3) is 0 Å². The van der Waals surface area contributed by atoms with Gasteiger partial charge in [0.15, 0.2) is 0 Å². The fraction of sp³-hybridized carbons (Fsp3) is 0.100. The molecule has 1 aromatic carbocycles. The minimum Gasteiger partial charge on any atom is -0.490 e. The molecule has 0 spiro atoms. The number of benzene rings is 1. The van der Waals surface area contributed by atoms with Crippen molar-refractivity contribution in [3.05, 3.63) is 41.4 Å². The van der Waals surface area contributed by atoms with Gasteiger partial charge in [-0.05, 0) is 30.3 Å². The Morgan fingerprint density at radius 1 is 1.43 bits per heavy atom. The van der Waals surface area contributed by atoms with Gasteiger partial charge in [0, 0.05) is 11.1 Å². The first-order valence-electron chi connectivity index (χ1n) is 3.96. The first-order chi connectivity index (χ1) is 6.68. The zero-order valence-corrected chi connectivity index (χ0v) is 8.07. The smallest absolute Gasteiger partial charge is 0.328 e. The van der Waals surface area contributed by atoms with Crippen molar-refractivity contribution >= 4 is 17.6 Å². The van der Waals surface area contributed by atoms with Gasteiger partial charge in [-0.3, -0.25) is 0 Å². The molecule has 0 aliphatic rings. The number of aliphatic carboxylic acids is 1. The molecule has 1 N–H and O–H groups in total. The summed E-state index contributed by atoms with van der Waals surface area (Å²) >= 11 is 5.67. The summed E-state index contributed by atoms with van der Waals surface area (Å²) in [4.78, 5) is 10.1. The van der Waals surface area contributed by atoms with E-state index in [4.69, 9.17) is 21.4 Å². The van der Waals surface area contributed by atoms with E-state index >= 15 is 0 Å². The van der Waals surface area contributed by atoms with E-state index in [1.54, 1.807) is 24.3 Å². The predicted molar refractivity (Wildman–Crippen MR) is 53.7 cm³/mol. The molecule has 0 fully saturated rings. The normalized spacial score (nSPS) is 10.4. The minimum absolute atomic E-state index is 0.230. The number of carboxylic acids is 1. The van der Waals surface area contributed by atoms with Gasteiger partial charge >= 0.3 is 5.97 Å². The van der Waals surface area contributed by atoms with Gasteiger partial charge in [-0.1, -0.05) is 11.6 Å². The molecule has 0 radical (unpaired) electrons. The SMILES string of the molecule is O=C(O)C=CCOc1ccc(Cl)cc1. The maximum absolute atomic E-state index is 10.1. The van der Waals surface area contributed by atoms with E-state index < -0.39 is 5.97 Å². The van der Waals surface area contributed by atoms with Crippen molar-refractivity contribution in [1.82, 2.24) is 0 Å². The molecule has 4 heteroatoms. The third kappa shape index (κ3) is 3.96. The summed E-state index contributed by atoms with van der Waals surface area (Å²) in [6, 6.07) is 6.85. The average molecular weight is 213 g/mol. The quantitative estimate of drug-likeness (QED) is 0.780. The molecular weight excluding hydrogens is 204 g/mol. The maximum atomic E-state index is 10.1. The van der Waals surface area contributed by atoms with Crippen LogP contribution < -0.4 is 4.74 Å². The second-order valence-electron chi connectivity index (χ2n) is 2.51. The maximum Gasteiger partial charge on any atom is 0.328 e. The Bertz CT molecular complexity index is 330. The van der Waals surface area contributed by atoms with E-state index in [0.29, 0.717) is 10.8 Å². The zero-order valence-electron chi connectivity index (χ0n) is 7.31. The highest BCUT2D eigenvalue weighted by molar-refractivity contribution is 6.30. The number of rotatable bonds is 4. The first-order valence-corrected chi connectivity index (χ1v) is 4.34. The van der Waals surface area contributed by atoms with Gasteiger partial charge in [0.1, 0.15) is 12.4 Å². The molecule has 14 heavy (non-hydrogen) atoms. The molecule has 0 atom stereocenters. The Morgan fingerprint density at radius 2 is 2.07 bits per heavy atom. The largest absolute Gasteiger partial charge is 0.490 e. The van der Waals surface area contributed by atoms with Crippen molar-refractivity contribution in [3.8, 4) is 5.75 Å². The van der Waals surface area contributed by atoms with Crippen LogP contribution in [0.2, 0.25) is 5.02 Å². The summed E-state index contributed by atoms with van der Waals surface area (Å²) in [5, 5.41) is 8.92. The van der Waals surface area contributed by atoms with Gasteiger partial charge in [0.25, 0.3) is 0 Å². The molecule has 0 saturated heterocycles. The van der Waals surface area contributed by atoms with E-state index in [1.165, 1.54) is 6.08 Å². The molecule has 0 saturated carbocycles. The number of carboxylic acid groups (broad SMARTS) is 1. The summed E-state index contributed by atoms with van der Waals surface area (Å²) in [7, 11) is 0. The minimum atomic E-state index is -0.982. The number of ether oxygens (including phenoxy) is 1. The van der Waals surface area contributed by atoms with Crippen molar-refractivity contribution in [1.29, 1.82) is 0 Å². The Kier molecular flexibility index (Phi) is 4.01. The fourth-order valence-electron chi connectivity index (χ4n) is 0.824. The van der Waals surface area contributed by atoms with Gasteiger partial charge in [0.05, 0.1) is 0 Å². The molecule has 0 bridgehead atoms. The molecule has 0 aromatic heterocycles. The highest BCUT2D eigenvalue weighted by Gasteiger charge is 1.91. The monoisotopic (exact) mass is 212 g/mol. The van der Waals surface area contributed by atoms with Gasteiger partial charge in [-0.2, -0.15) is 0 Å². The van der Waals surface area contributed by atoms with E-state index in [0.717, 1.165) is 6.08 Å². The van der Waals surface area contributed by atoms with Crippen LogP contribution in [0.5, 0.6) is 5.75 Å². The lowest BCUT2D eigenvalue weighted by Gasteiger charge is -2.01. The second kappa shape index (κ2) is 5.29. The highest BCUT2D eigenvalue weighted by Crippen LogP contribution is 2.15. The van der Waals surface area contributed by atoms with Crippen molar-refractivity contribution in [2.45, 2.75) is 0 Å². The van der Waals surface area contributed by atoms with Crippen LogP contribution in [0, 0.1) is 0 Å². The van der Waals surface area contributed by atoms with Crippen molar-refractivity contribution in [2.24, 2.45) is 0 Å². The summed E-state index contributed by atoms with van der Waals surface area (Å²) < 4.78 is 5.20. The standard InChI is InChI=1S/C10H9ClO3/c11-8-3-5-9(6-4-8)14-7-1-2-10(12)13/h1-6H,7H2,(H,12,13). The molecule has 1 rings (SSSR count). The van der Waals surface area contributed by atoms with Crippen LogP contribution in [0.15, 0.2) is 36.4 Å². The number of hydrogen-bond donors (Lipinski definition) is 1. The molecule has 0 aliphatic heterocycles. The number of halogens is 1. The Hall–Kier alpha value is -1.48. The van der Waals surface area contributed by atoms with Crippen molar-refractivity contribution in [3.63, 3.8) is 0 Å². The van der Waals surface area contributed by atoms with Crippen LogP contribution in [0.3, 0.4) is 0 Å². The van der Waals surface area contributed by atoms with Gasteiger partial charge in [-0.25, -0.2) is 4.79 Å². The molecular formula is C10H9ClO3. The van der Waals surface area contributed by atoms with Crippen molar-refractivity contribution < 1.29 is 14.6 Å². The highest BCUT2D eigenvalue weighted by atomic mass is 35.5. The predicted octanol–water partition coefficient (Wildman–Crippen LogP) is 2.36. The number of hydrogen-bond acceptors (Lipinski definition) is 2. The van der Waals surface area contributed by atoms with Crippen molar-refractivity contribution in [2.75, 3.05) is 6.61 Å². The molecule has 0 aliphatic carbocycles.